The number of para-hydroxylation sites is 1. The first kappa shape index (κ1) is 13.5. The summed E-state index contributed by atoms with van der Waals surface area (Å²) >= 11 is 0. The molecule has 0 fully saturated rings. The number of nitrogens with one attached hydrogen (secondary N) is 1. The Bertz CT molecular complexity index is 645. The number of hydrogen-bond donors (Lipinski definition) is 2. The van der Waals surface area contributed by atoms with E-state index in [2.05, 4.69) is 5.32 Å². The highest BCUT2D eigenvalue weighted by atomic mass is 19.1. The van der Waals surface area contributed by atoms with E-state index >= 15 is 0 Å². The van der Waals surface area contributed by atoms with Crippen molar-refractivity contribution in [2.24, 2.45) is 0 Å². The molecule has 21 heavy (non-hydrogen) atoms. The van der Waals surface area contributed by atoms with Crippen LogP contribution in [-0.4, -0.2) is 18.3 Å². The molecule has 1 aliphatic rings. The van der Waals surface area contributed by atoms with E-state index in [0.29, 0.717) is 31.1 Å². The van der Waals surface area contributed by atoms with Gasteiger partial charge in [0, 0.05) is 30.3 Å². The van der Waals surface area contributed by atoms with Crippen molar-refractivity contribution in [2.75, 3.05) is 18.5 Å². The summed E-state index contributed by atoms with van der Waals surface area (Å²) in [6, 6.07) is 10.0. The number of rotatable bonds is 3. The second-order valence-electron chi connectivity index (χ2n) is 4.81. The number of ether oxygens (including phenoxy) is 2. The van der Waals surface area contributed by atoms with Gasteiger partial charge < -0.3 is 19.9 Å². The first-order valence-electron chi connectivity index (χ1n) is 6.84. The highest BCUT2D eigenvalue weighted by Crippen LogP contribution is 2.32. The minimum Gasteiger partial charge on any atom is -0.505 e. The normalized spacial score (nSPS) is 13.6. The predicted molar refractivity (Wildman–Crippen MR) is 77.4 cm³/mol. The number of benzene rings is 2. The van der Waals surface area contributed by atoms with Crippen LogP contribution in [0.15, 0.2) is 36.4 Å². The summed E-state index contributed by atoms with van der Waals surface area (Å²) in [5.41, 5.74) is 1.32. The number of fused-ring (bicyclic) bond motifs is 1. The molecule has 2 aromatic carbocycles. The Kier molecular flexibility index (Phi) is 3.81. The van der Waals surface area contributed by atoms with Crippen LogP contribution in [0.2, 0.25) is 0 Å². The Labute approximate surface area is 122 Å². The zero-order chi connectivity index (χ0) is 14.7. The minimum absolute atomic E-state index is 0.320. The molecule has 0 atom stereocenters. The molecule has 2 N–H and O–H groups in total. The minimum atomic E-state index is -0.618. The zero-order valence-corrected chi connectivity index (χ0v) is 11.4. The third-order valence-electron chi connectivity index (χ3n) is 3.30. The Morgan fingerprint density at radius 1 is 1.10 bits per heavy atom. The van der Waals surface area contributed by atoms with Crippen LogP contribution in [0.25, 0.3) is 0 Å². The van der Waals surface area contributed by atoms with Crippen LogP contribution in [-0.2, 0) is 6.54 Å². The van der Waals surface area contributed by atoms with Gasteiger partial charge in [-0.1, -0.05) is 12.1 Å². The first-order chi connectivity index (χ1) is 10.2. The van der Waals surface area contributed by atoms with E-state index in [1.165, 1.54) is 6.07 Å². The summed E-state index contributed by atoms with van der Waals surface area (Å²) in [6.07, 6.45) is 0.856. The standard InChI is InChI=1S/C16H16FNO3/c17-13-4-1-3-11(16(13)19)10-18-12-5-6-14-15(9-12)21-8-2-7-20-14/h1,3-6,9,18-19H,2,7-8,10H2. The quantitative estimate of drug-likeness (QED) is 0.910. The Morgan fingerprint density at radius 2 is 1.90 bits per heavy atom. The lowest BCUT2D eigenvalue weighted by Gasteiger charge is -2.12. The maximum Gasteiger partial charge on any atom is 0.165 e. The van der Waals surface area contributed by atoms with Crippen molar-refractivity contribution in [3.8, 4) is 17.2 Å². The van der Waals surface area contributed by atoms with Crippen LogP contribution in [0.1, 0.15) is 12.0 Å². The Hall–Kier alpha value is -2.43. The van der Waals surface area contributed by atoms with E-state index in [9.17, 15) is 9.50 Å². The lowest BCUT2D eigenvalue weighted by atomic mass is 10.2. The lowest BCUT2D eigenvalue weighted by molar-refractivity contribution is 0.297. The molecule has 0 spiro atoms. The van der Waals surface area contributed by atoms with Crippen LogP contribution < -0.4 is 14.8 Å². The molecule has 5 heteroatoms. The molecule has 0 aliphatic carbocycles. The van der Waals surface area contributed by atoms with Crippen LogP contribution in [0, 0.1) is 5.82 Å². The fraction of sp³-hybridized carbons (Fsp3) is 0.250. The maximum absolute atomic E-state index is 13.3. The molecule has 0 saturated heterocycles. The number of phenols is 1. The van der Waals surface area contributed by atoms with E-state index in [0.717, 1.165) is 17.9 Å². The Morgan fingerprint density at radius 3 is 2.76 bits per heavy atom. The number of hydrogen-bond acceptors (Lipinski definition) is 4. The highest BCUT2D eigenvalue weighted by Gasteiger charge is 2.11. The lowest BCUT2D eigenvalue weighted by Crippen LogP contribution is -2.01. The average Bonchev–Trinajstić information content (AvgIpc) is 2.73. The molecule has 0 amide bonds. The molecule has 110 valence electrons. The Balaban J connectivity index is 1.73. The van der Waals surface area contributed by atoms with Gasteiger partial charge in [0.25, 0.3) is 0 Å². The predicted octanol–water partition coefficient (Wildman–Crippen LogP) is 3.30. The van der Waals surface area contributed by atoms with Crippen LogP contribution >= 0.6 is 0 Å². The molecule has 3 rings (SSSR count). The largest absolute Gasteiger partial charge is 0.505 e. The summed E-state index contributed by atoms with van der Waals surface area (Å²) in [7, 11) is 0. The zero-order valence-electron chi connectivity index (χ0n) is 11.4. The number of phenolic OH excluding ortho intramolecular Hbond substituents is 1. The molecular weight excluding hydrogens is 273 g/mol. The fourth-order valence-electron chi connectivity index (χ4n) is 2.17. The van der Waals surface area contributed by atoms with Gasteiger partial charge in [-0.25, -0.2) is 4.39 Å². The van der Waals surface area contributed by atoms with Crippen molar-refractivity contribution in [2.45, 2.75) is 13.0 Å². The highest BCUT2D eigenvalue weighted by molar-refractivity contribution is 5.55. The van der Waals surface area contributed by atoms with Gasteiger partial charge in [-0.3, -0.25) is 0 Å². The van der Waals surface area contributed by atoms with Crippen molar-refractivity contribution in [1.82, 2.24) is 0 Å². The van der Waals surface area contributed by atoms with Gasteiger partial charge in [-0.2, -0.15) is 0 Å². The number of halogens is 1. The van der Waals surface area contributed by atoms with Crippen molar-refractivity contribution in [3.05, 3.63) is 47.8 Å². The monoisotopic (exact) mass is 289 g/mol. The molecule has 0 radical (unpaired) electrons. The fourth-order valence-corrected chi connectivity index (χ4v) is 2.17. The summed E-state index contributed by atoms with van der Waals surface area (Å²) in [4.78, 5) is 0. The smallest absolute Gasteiger partial charge is 0.165 e. The summed E-state index contributed by atoms with van der Waals surface area (Å²) < 4.78 is 24.4. The molecule has 1 aliphatic heterocycles. The van der Waals surface area contributed by atoms with Crippen LogP contribution in [0.5, 0.6) is 17.2 Å². The van der Waals surface area contributed by atoms with E-state index < -0.39 is 5.82 Å². The first-order valence-corrected chi connectivity index (χ1v) is 6.84. The van der Waals surface area contributed by atoms with Gasteiger partial charge in [-0.15, -0.1) is 0 Å². The van der Waals surface area contributed by atoms with Gasteiger partial charge >= 0.3 is 0 Å². The van der Waals surface area contributed by atoms with Crippen LogP contribution in [0.3, 0.4) is 0 Å². The van der Waals surface area contributed by atoms with Gasteiger partial charge in [0.15, 0.2) is 23.1 Å². The second kappa shape index (κ2) is 5.91. The molecule has 0 aromatic heterocycles. The second-order valence-corrected chi connectivity index (χ2v) is 4.81. The van der Waals surface area contributed by atoms with E-state index in [-0.39, 0.29) is 5.75 Å². The van der Waals surface area contributed by atoms with Gasteiger partial charge in [0.2, 0.25) is 0 Å². The maximum atomic E-state index is 13.3. The van der Waals surface area contributed by atoms with Gasteiger partial charge in [-0.05, 0) is 18.2 Å². The van der Waals surface area contributed by atoms with Gasteiger partial charge in [0.05, 0.1) is 13.2 Å². The molecule has 0 unspecified atom stereocenters. The summed E-state index contributed by atoms with van der Waals surface area (Å²) in [5, 5.41) is 12.8. The third kappa shape index (κ3) is 3.02. The molecule has 1 heterocycles. The topological polar surface area (TPSA) is 50.7 Å². The molecule has 0 saturated carbocycles. The summed E-state index contributed by atoms with van der Waals surface area (Å²) in [5.74, 6) is 0.486. The molecule has 4 nitrogen and oxygen atoms in total. The molecule has 2 aromatic rings. The van der Waals surface area contributed by atoms with Gasteiger partial charge in [0.1, 0.15) is 0 Å². The SMILES string of the molecule is Oc1c(F)cccc1CNc1ccc2c(c1)OCCCO2. The van der Waals surface area contributed by atoms with Crippen molar-refractivity contribution < 1.29 is 19.0 Å². The molecule has 0 bridgehead atoms. The van der Waals surface area contributed by atoms with E-state index in [1.54, 1.807) is 12.1 Å². The van der Waals surface area contributed by atoms with Crippen molar-refractivity contribution in [1.29, 1.82) is 0 Å². The molecular formula is C16H16FNO3. The van der Waals surface area contributed by atoms with E-state index in [1.807, 2.05) is 18.2 Å². The summed E-state index contributed by atoms with van der Waals surface area (Å²) in [6.45, 7) is 1.60. The van der Waals surface area contributed by atoms with Crippen molar-refractivity contribution >= 4 is 5.69 Å². The van der Waals surface area contributed by atoms with Crippen LogP contribution in [0.4, 0.5) is 10.1 Å². The average molecular weight is 289 g/mol. The third-order valence-corrected chi connectivity index (χ3v) is 3.30. The number of anilines is 1. The van der Waals surface area contributed by atoms with E-state index in [4.69, 9.17) is 9.47 Å². The number of aromatic hydroxyl groups is 1. The van der Waals surface area contributed by atoms with Crippen molar-refractivity contribution in [3.63, 3.8) is 0 Å².